The van der Waals surface area contributed by atoms with Crippen molar-refractivity contribution in [3.05, 3.63) is 18.2 Å². The number of halogens is 3. The Balaban J connectivity index is 0.000000256. The molecule has 2 fully saturated rings. The van der Waals surface area contributed by atoms with Gasteiger partial charge in [0.2, 0.25) is 0 Å². The number of carboxylic acid groups (broad SMARTS) is 1. The minimum Gasteiger partial charge on any atom is -0.475 e. The fourth-order valence-electron chi connectivity index (χ4n) is 3.17. The normalized spacial score (nSPS) is 20.7. The molecule has 0 aliphatic heterocycles. The second-order valence-corrected chi connectivity index (χ2v) is 6.63. The van der Waals surface area contributed by atoms with Crippen molar-refractivity contribution < 1.29 is 28.2 Å². The van der Waals surface area contributed by atoms with Gasteiger partial charge in [0.1, 0.15) is 5.82 Å². The molecule has 24 heavy (non-hydrogen) atoms. The first kappa shape index (κ1) is 18.8. The summed E-state index contributed by atoms with van der Waals surface area (Å²) in [4.78, 5) is 13.4. The quantitative estimate of drug-likeness (QED) is 0.877. The molecule has 1 heterocycles. The number of imidazole rings is 1. The summed E-state index contributed by atoms with van der Waals surface area (Å²) in [5, 5.41) is 17.7. The average Bonchev–Trinajstić information content (AvgIpc) is 2.84. The highest BCUT2D eigenvalue weighted by Crippen LogP contribution is 2.36. The third-order valence-electron chi connectivity index (χ3n) is 4.71. The summed E-state index contributed by atoms with van der Waals surface area (Å²) in [7, 11) is 0. The third-order valence-corrected chi connectivity index (χ3v) is 4.71. The van der Waals surface area contributed by atoms with Crippen LogP contribution in [-0.2, 0) is 11.3 Å². The van der Waals surface area contributed by atoms with Crippen molar-refractivity contribution in [2.45, 2.75) is 75.6 Å². The van der Waals surface area contributed by atoms with Crippen molar-refractivity contribution in [2.24, 2.45) is 0 Å². The minimum atomic E-state index is -5.08. The Kier molecular flexibility index (Phi) is 5.90. The SMILES string of the molecule is O=C(O)C(F)(F)F.OC1(Cn2ccnc2C2CCC2)CCCCC1. The summed E-state index contributed by atoms with van der Waals surface area (Å²) in [6, 6.07) is 0. The van der Waals surface area contributed by atoms with Crippen molar-refractivity contribution >= 4 is 5.97 Å². The number of hydrogen-bond acceptors (Lipinski definition) is 3. The predicted molar refractivity (Wildman–Crippen MR) is 80.5 cm³/mol. The van der Waals surface area contributed by atoms with E-state index in [1.54, 1.807) is 0 Å². The summed E-state index contributed by atoms with van der Waals surface area (Å²) in [5.41, 5.74) is -0.475. The lowest BCUT2D eigenvalue weighted by atomic mass is 9.83. The molecule has 2 N–H and O–H groups in total. The number of aliphatic hydroxyl groups is 1. The van der Waals surface area contributed by atoms with Gasteiger partial charge in [-0.05, 0) is 25.7 Å². The maximum absolute atomic E-state index is 10.6. The van der Waals surface area contributed by atoms with Crippen LogP contribution in [-0.4, -0.2) is 37.5 Å². The number of alkyl halides is 3. The lowest BCUT2D eigenvalue weighted by molar-refractivity contribution is -0.192. The molecule has 0 bridgehead atoms. The highest BCUT2D eigenvalue weighted by Gasteiger charge is 2.38. The molecule has 0 saturated heterocycles. The van der Waals surface area contributed by atoms with E-state index in [0.29, 0.717) is 5.92 Å². The number of carbonyl (C=O) groups is 1. The van der Waals surface area contributed by atoms with Gasteiger partial charge in [0.05, 0.1) is 12.1 Å². The summed E-state index contributed by atoms with van der Waals surface area (Å²) in [6.07, 6.45) is 8.26. The zero-order valence-corrected chi connectivity index (χ0v) is 13.4. The van der Waals surface area contributed by atoms with E-state index in [0.717, 1.165) is 19.4 Å². The van der Waals surface area contributed by atoms with Crippen LogP contribution in [0, 0.1) is 0 Å². The monoisotopic (exact) mass is 348 g/mol. The topological polar surface area (TPSA) is 75.3 Å². The van der Waals surface area contributed by atoms with Gasteiger partial charge in [0.25, 0.3) is 0 Å². The van der Waals surface area contributed by atoms with Crippen LogP contribution in [0.3, 0.4) is 0 Å². The lowest BCUT2D eigenvalue weighted by Gasteiger charge is -2.34. The van der Waals surface area contributed by atoms with E-state index in [1.807, 2.05) is 12.4 Å². The van der Waals surface area contributed by atoms with Crippen LogP contribution < -0.4 is 0 Å². The summed E-state index contributed by atoms with van der Waals surface area (Å²) < 4.78 is 33.9. The smallest absolute Gasteiger partial charge is 0.475 e. The first-order valence-electron chi connectivity index (χ1n) is 8.25. The first-order valence-corrected chi connectivity index (χ1v) is 8.25. The molecular weight excluding hydrogens is 325 g/mol. The Morgan fingerprint density at radius 3 is 2.29 bits per heavy atom. The van der Waals surface area contributed by atoms with Crippen molar-refractivity contribution in [1.82, 2.24) is 9.55 Å². The van der Waals surface area contributed by atoms with Gasteiger partial charge in [-0.2, -0.15) is 13.2 Å². The molecule has 1 aromatic heterocycles. The molecular formula is C16H23F3N2O3. The van der Waals surface area contributed by atoms with E-state index in [4.69, 9.17) is 9.90 Å². The van der Waals surface area contributed by atoms with E-state index in [-0.39, 0.29) is 0 Å². The van der Waals surface area contributed by atoms with Crippen LogP contribution in [0.4, 0.5) is 13.2 Å². The second-order valence-electron chi connectivity index (χ2n) is 6.63. The number of carboxylic acids is 1. The third kappa shape index (κ3) is 4.96. The number of rotatable bonds is 3. The summed E-state index contributed by atoms with van der Waals surface area (Å²) >= 11 is 0. The number of aromatic nitrogens is 2. The molecule has 0 radical (unpaired) electrons. The maximum atomic E-state index is 10.6. The summed E-state index contributed by atoms with van der Waals surface area (Å²) in [6.45, 7) is 0.749. The van der Waals surface area contributed by atoms with Gasteiger partial charge in [0.15, 0.2) is 0 Å². The highest BCUT2D eigenvalue weighted by atomic mass is 19.4. The van der Waals surface area contributed by atoms with Crippen LogP contribution in [0.15, 0.2) is 12.4 Å². The van der Waals surface area contributed by atoms with Gasteiger partial charge >= 0.3 is 12.1 Å². The van der Waals surface area contributed by atoms with E-state index >= 15 is 0 Å². The largest absolute Gasteiger partial charge is 0.490 e. The zero-order valence-electron chi connectivity index (χ0n) is 13.4. The van der Waals surface area contributed by atoms with Gasteiger partial charge in [-0.3, -0.25) is 0 Å². The summed E-state index contributed by atoms with van der Waals surface area (Å²) in [5.74, 6) is -0.903. The Morgan fingerprint density at radius 2 is 1.83 bits per heavy atom. The molecule has 0 amide bonds. The molecule has 2 saturated carbocycles. The molecule has 0 spiro atoms. The Labute approximate surface area is 138 Å². The predicted octanol–water partition coefficient (Wildman–Crippen LogP) is 3.48. The van der Waals surface area contributed by atoms with E-state index in [9.17, 15) is 18.3 Å². The number of nitrogens with zero attached hydrogens (tertiary/aromatic N) is 2. The molecule has 2 aliphatic rings. The van der Waals surface area contributed by atoms with Crippen LogP contribution in [0.25, 0.3) is 0 Å². The van der Waals surface area contributed by atoms with E-state index < -0.39 is 17.7 Å². The molecule has 3 rings (SSSR count). The fraction of sp³-hybridized carbons (Fsp3) is 0.750. The zero-order chi connectivity index (χ0) is 17.8. The van der Waals surface area contributed by atoms with Gasteiger partial charge in [0, 0.05) is 18.3 Å². The number of hydrogen-bond donors (Lipinski definition) is 2. The Hall–Kier alpha value is -1.57. The van der Waals surface area contributed by atoms with Crippen molar-refractivity contribution in [3.8, 4) is 0 Å². The standard InChI is InChI=1S/C14H22N2O.C2HF3O2/c17-14(7-2-1-3-8-14)11-16-10-9-15-13(16)12-5-4-6-12;3-2(4,5)1(6)7/h9-10,12,17H,1-8,11H2;(H,6,7). The lowest BCUT2D eigenvalue weighted by Crippen LogP contribution is -2.37. The molecule has 0 aromatic carbocycles. The molecule has 136 valence electrons. The molecule has 1 aromatic rings. The first-order chi connectivity index (χ1) is 11.2. The highest BCUT2D eigenvalue weighted by molar-refractivity contribution is 5.73. The molecule has 8 heteroatoms. The Morgan fingerprint density at radius 1 is 1.25 bits per heavy atom. The molecule has 0 unspecified atom stereocenters. The minimum absolute atomic E-state index is 0.475. The van der Waals surface area contributed by atoms with Crippen molar-refractivity contribution in [3.63, 3.8) is 0 Å². The van der Waals surface area contributed by atoms with E-state index in [1.165, 1.54) is 44.3 Å². The molecule has 2 aliphatic carbocycles. The van der Waals surface area contributed by atoms with Gasteiger partial charge in [-0.15, -0.1) is 0 Å². The van der Waals surface area contributed by atoms with Crippen LogP contribution in [0.2, 0.25) is 0 Å². The van der Waals surface area contributed by atoms with Crippen LogP contribution >= 0.6 is 0 Å². The van der Waals surface area contributed by atoms with Crippen molar-refractivity contribution in [2.75, 3.05) is 0 Å². The average molecular weight is 348 g/mol. The van der Waals surface area contributed by atoms with Crippen molar-refractivity contribution in [1.29, 1.82) is 0 Å². The van der Waals surface area contributed by atoms with Gasteiger partial charge in [-0.1, -0.05) is 25.7 Å². The van der Waals surface area contributed by atoms with E-state index in [2.05, 4.69) is 9.55 Å². The van der Waals surface area contributed by atoms with Crippen LogP contribution in [0.1, 0.15) is 63.1 Å². The number of aliphatic carboxylic acids is 1. The molecule has 0 atom stereocenters. The fourth-order valence-corrected chi connectivity index (χ4v) is 3.17. The van der Waals surface area contributed by atoms with Gasteiger partial charge in [-0.25, -0.2) is 9.78 Å². The second kappa shape index (κ2) is 7.55. The van der Waals surface area contributed by atoms with Gasteiger partial charge < -0.3 is 14.8 Å². The Bertz CT molecular complexity index is 547. The molecule has 5 nitrogen and oxygen atoms in total. The van der Waals surface area contributed by atoms with Crippen LogP contribution in [0.5, 0.6) is 0 Å². The maximum Gasteiger partial charge on any atom is 0.490 e.